The predicted octanol–water partition coefficient (Wildman–Crippen LogP) is 11.8. The second-order valence-electron chi connectivity index (χ2n) is 19.2. The van der Waals surface area contributed by atoms with Crippen LogP contribution >= 0.6 is 0 Å². The number of hydrogen-bond acceptors (Lipinski definition) is 4. The van der Waals surface area contributed by atoms with E-state index in [1.807, 2.05) is 0 Å². The number of carbonyl (C=O) groups excluding carboxylic acids is 2. The summed E-state index contributed by atoms with van der Waals surface area (Å²) in [7, 11) is 0. The molecule has 0 heterocycles. The molecule has 0 radical (unpaired) electrons. The van der Waals surface area contributed by atoms with Gasteiger partial charge in [-0.3, -0.25) is 0 Å². The van der Waals surface area contributed by atoms with Crippen molar-refractivity contribution < 1.29 is 101 Å². The fraction of sp³-hybridized carbons (Fsp3) is 0.964. The zero-order chi connectivity index (χ0) is 43.9. The number of unbranched alkanes of at least 4 members (excludes halogenated alkanes) is 48. The molecule has 4 nitrogen and oxygen atoms in total. The summed E-state index contributed by atoms with van der Waals surface area (Å²) >= 11 is 0. The normalized spacial score (nSPS) is 10.9. The number of carboxylic acids is 2. The summed E-state index contributed by atoms with van der Waals surface area (Å²) < 4.78 is 0. The first kappa shape index (κ1) is 70.1. The van der Waals surface area contributed by atoms with Crippen molar-refractivity contribution >= 4 is 11.9 Å². The van der Waals surface area contributed by atoms with Gasteiger partial charge in [0.15, 0.2) is 0 Å². The molecule has 0 unspecified atom stereocenters. The maximum atomic E-state index is 10.3. The second kappa shape index (κ2) is 66.8. The van der Waals surface area contributed by atoms with Crippen LogP contribution < -0.4 is 91.2 Å². The summed E-state index contributed by atoms with van der Waals surface area (Å²) in [4.78, 5) is 20.6. The standard InChI is InChI=1S/2C28H56O2.K.Na/c2*1-2-3-4-5-6-7-8-9-10-11-12-13-14-15-16-17-18-19-20-21-22-23-24-25-26-27-28(29)30;;/h2*2-27H2,1H3,(H,29,30);;/q;;2*+1/p-2. The third-order valence-electron chi connectivity index (χ3n) is 13.0. The van der Waals surface area contributed by atoms with E-state index in [1.165, 1.54) is 295 Å². The summed E-state index contributed by atoms with van der Waals surface area (Å²) in [6, 6.07) is 0. The van der Waals surface area contributed by atoms with Crippen LogP contribution in [-0.2, 0) is 9.59 Å². The van der Waals surface area contributed by atoms with Crippen LogP contribution in [0.25, 0.3) is 0 Å². The number of aliphatic carboxylic acids is 2. The van der Waals surface area contributed by atoms with Crippen molar-refractivity contribution in [2.24, 2.45) is 0 Å². The number of rotatable bonds is 52. The van der Waals surface area contributed by atoms with E-state index in [0.717, 1.165) is 25.7 Å². The minimum absolute atomic E-state index is 0. The summed E-state index contributed by atoms with van der Waals surface area (Å²) in [6.07, 6.45) is 69.3. The molecule has 6 heteroatoms. The molecule has 0 rings (SSSR count). The number of carboxylic acid groups (broad SMARTS) is 2. The maximum Gasteiger partial charge on any atom is 1.00 e. The molecule has 0 aliphatic heterocycles. The molecule has 0 aromatic rings. The minimum Gasteiger partial charge on any atom is -0.550 e. The Bertz CT molecular complexity index is 732. The van der Waals surface area contributed by atoms with Crippen LogP contribution in [0.3, 0.4) is 0 Å². The molecule has 0 fully saturated rings. The Morgan fingerprint density at radius 3 is 0.419 bits per heavy atom. The fourth-order valence-electron chi connectivity index (χ4n) is 8.82. The van der Waals surface area contributed by atoms with Crippen LogP contribution in [0.4, 0.5) is 0 Å². The van der Waals surface area contributed by atoms with E-state index in [9.17, 15) is 19.8 Å². The van der Waals surface area contributed by atoms with Gasteiger partial charge in [-0.05, 0) is 25.7 Å². The van der Waals surface area contributed by atoms with Crippen molar-refractivity contribution in [2.45, 2.75) is 348 Å². The molecule has 0 aliphatic carbocycles. The van der Waals surface area contributed by atoms with Gasteiger partial charge in [0.05, 0.1) is 0 Å². The molecule has 0 bridgehead atoms. The largest absolute Gasteiger partial charge is 1.00 e. The first-order chi connectivity index (χ1) is 29.5. The van der Waals surface area contributed by atoms with Crippen LogP contribution in [0.15, 0.2) is 0 Å². The molecule has 0 amide bonds. The zero-order valence-electron chi connectivity index (χ0n) is 43.4. The van der Waals surface area contributed by atoms with Gasteiger partial charge in [0.1, 0.15) is 0 Å². The van der Waals surface area contributed by atoms with Crippen molar-refractivity contribution in [3.63, 3.8) is 0 Å². The van der Waals surface area contributed by atoms with Crippen LogP contribution in [0.2, 0.25) is 0 Å². The Morgan fingerprint density at radius 1 is 0.226 bits per heavy atom. The number of carbonyl (C=O) groups is 2. The quantitative estimate of drug-likeness (QED) is 0.0450. The van der Waals surface area contributed by atoms with E-state index in [-0.39, 0.29) is 93.8 Å². The molecule has 0 aromatic carbocycles. The fourth-order valence-corrected chi connectivity index (χ4v) is 8.82. The molecule has 0 atom stereocenters. The molecule has 0 N–H and O–H groups in total. The summed E-state index contributed by atoms with van der Waals surface area (Å²) in [6.45, 7) is 4.59. The van der Waals surface area contributed by atoms with E-state index in [4.69, 9.17) is 0 Å². The molecule has 62 heavy (non-hydrogen) atoms. The van der Waals surface area contributed by atoms with Crippen molar-refractivity contribution in [1.29, 1.82) is 0 Å². The van der Waals surface area contributed by atoms with Gasteiger partial charge in [0, 0.05) is 11.9 Å². The van der Waals surface area contributed by atoms with Crippen molar-refractivity contribution in [3.05, 3.63) is 0 Å². The van der Waals surface area contributed by atoms with Gasteiger partial charge in [-0.1, -0.05) is 322 Å². The van der Waals surface area contributed by atoms with Crippen LogP contribution in [-0.4, -0.2) is 11.9 Å². The van der Waals surface area contributed by atoms with Gasteiger partial charge in [-0.15, -0.1) is 0 Å². The van der Waals surface area contributed by atoms with Gasteiger partial charge < -0.3 is 19.8 Å². The topological polar surface area (TPSA) is 80.3 Å². The van der Waals surface area contributed by atoms with E-state index in [1.54, 1.807) is 0 Å². The van der Waals surface area contributed by atoms with Crippen molar-refractivity contribution in [1.82, 2.24) is 0 Å². The molecule has 0 saturated heterocycles. The van der Waals surface area contributed by atoms with Gasteiger partial charge in [0.25, 0.3) is 0 Å². The average Bonchev–Trinajstić information content (AvgIpc) is 3.23. The third kappa shape index (κ3) is 73.2. The molecular weight excluding hydrogens is 799 g/mol. The average molecular weight is 910 g/mol. The van der Waals surface area contributed by atoms with Gasteiger partial charge in [0.2, 0.25) is 0 Å². The Balaban J connectivity index is -0.000000526. The van der Waals surface area contributed by atoms with Crippen LogP contribution in [0.5, 0.6) is 0 Å². The monoisotopic (exact) mass is 909 g/mol. The molecule has 0 aromatic heterocycles. The Labute approximate surface area is 455 Å². The SMILES string of the molecule is CCCCCCCCCCCCCCCCCCCCCCCCCCCC(=O)[O-].CCCCCCCCCCCCCCCCCCCCCCCCCCCC(=O)[O-].[K+].[Na+]. The first-order valence-corrected chi connectivity index (χ1v) is 27.9. The van der Waals surface area contributed by atoms with Gasteiger partial charge >= 0.3 is 80.9 Å². The van der Waals surface area contributed by atoms with E-state index >= 15 is 0 Å². The van der Waals surface area contributed by atoms with Crippen molar-refractivity contribution in [2.75, 3.05) is 0 Å². The molecule has 360 valence electrons. The van der Waals surface area contributed by atoms with Crippen molar-refractivity contribution in [3.8, 4) is 0 Å². The summed E-state index contributed by atoms with van der Waals surface area (Å²) in [5.74, 6) is -1.80. The summed E-state index contributed by atoms with van der Waals surface area (Å²) in [5.41, 5.74) is 0. The molecular formula is C56H110KNaO4. The van der Waals surface area contributed by atoms with Gasteiger partial charge in [-0.25, -0.2) is 0 Å². The smallest absolute Gasteiger partial charge is 0.550 e. The third-order valence-corrected chi connectivity index (χ3v) is 13.0. The Morgan fingerprint density at radius 2 is 0.323 bits per heavy atom. The van der Waals surface area contributed by atoms with E-state index < -0.39 is 11.9 Å². The summed E-state index contributed by atoms with van der Waals surface area (Å²) in [5, 5.41) is 20.6. The minimum atomic E-state index is -0.899. The molecule has 0 saturated carbocycles. The second-order valence-corrected chi connectivity index (χ2v) is 19.2. The van der Waals surface area contributed by atoms with Crippen LogP contribution in [0, 0.1) is 0 Å². The number of hydrogen-bond donors (Lipinski definition) is 0. The van der Waals surface area contributed by atoms with Gasteiger partial charge in [-0.2, -0.15) is 0 Å². The predicted molar refractivity (Wildman–Crippen MR) is 261 cm³/mol. The molecule has 0 aliphatic rings. The Kier molecular flexibility index (Phi) is 75.6. The molecule has 0 spiro atoms. The van der Waals surface area contributed by atoms with Crippen LogP contribution in [0.1, 0.15) is 348 Å². The maximum absolute atomic E-state index is 10.3. The van der Waals surface area contributed by atoms with E-state index in [2.05, 4.69) is 13.8 Å². The Hall–Kier alpha value is 1.58. The zero-order valence-corrected chi connectivity index (χ0v) is 48.5. The first-order valence-electron chi connectivity index (χ1n) is 27.9. The van der Waals surface area contributed by atoms with E-state index in [0.29, 0.717) is 0 Å².